The van der Waals surface area contributed by atoms with Crippen molar-refractivity contribution in [1.29, 1.82) is 0 Å². The molecule has 166 valence electrons. The smallest absolute Gasteiger partial charge is 0.251 e. The summed E-state index contributed by atoms with van der Waals surface area (Å²) in [5, 5.41) is 15.4. The predicted molar refractivity (Wildman–Crippen MR) is 133 cm³/mol. The summed E-state index contributed by atoms with van der Waals surface area (Å²) in [6.45, 7) is 0.590. The second-order valence-electron chi connectivity index (χ2n) is 7.46. The van der Waals surface area contributed by atoms with Crippen molar-refractivity contribution in [3.63, 3.8) is 0 Å². The first kappa shape index (κ1) is 21.4. The fourth-order valence-electron chi connectivity index (χ4n) is 3.45. The molecule has 1 amide bonds. The van der Waals surface area contributed by atoms with Crippen LogP contribution in [-0.2, 0) is 16.1 Å². The van der Waals surface area contributed by atoms with E-state index in [4.69, 9.17) is 16.3 Å². The average Bonchev–Trinajstić information content (AvgIpc) is 3.46. The number of hydrogen-bond donors (Lipinski definition) is 3. The lowest BCUT2D eigenvalue weighted by Crippen LogP contribution is -2.38. The molecule has 5 aromatic rings. The molecule has 5 rings (SSSR count). The number of hydrogen-bond acceptors (Lipinski definition) is 6. The molecule has 0 saturated carbocycles. The lowest BCUT2D eigenvalue weighted by Gasteiger charge is -2.19. The Bertz CT molecular complexity index is 1380. The summed E-state index contributed by atoms with van der Waals surface area (Å²) in [6, 6.07) is 20.2. The number of nitrogens with one attached hydrogen (secondary N) is 3. The normalized spacial score (nSPS) is 12.2. The van der Waals surface area contributed by atoms with E-state index < -0.39 is 6.04 Å². The van der Waals surface area contributed by atoms with Gasteiger partial charge in [0.1, 0.15) is 6.04 Å². The Kier molecular flexibility index (Phi) is 6.21. The third-order valence-corrected chi connectivity index (χ3v) is 6.37. The number of halogens is 1. The third kappa shape index (κ3) is 4.98. The highest BCUT2D eigenvalue weighted by atomic mass is 35.5. The van der Waals surface area contributed by atoms with Gasteiger partial charge in [0.05, 0.1) is 35.1 Å². The average molecular weight is 478 g/mol. The predicted octanol–water partition coefficient (Wildman–Crippen LogP) is 5.46. The number of nitrogens with zero attached hydrogens (tertiary/aromatic N) is 2. The van der Waals surface area contributed by atoms with E-state index in [1.807, 2.05) is 54.6 Å². The Balaban J connectivity index is 1.33. The monoisotopic (exact) mass is 477 g/mol. The van der Waals surface area contributed by atoms with Crippen LogP contribution in [0, 0.1) is 0 Å². The number of carbonyl (C=O) groups excluding carboxylic acids is 1. The van der Waals surface area contributed by atoms with Gasteiger partial charge in [-0.25, -0.2) is 4.98 Å². The number of amides is 1. The zero-order valence-corrected chi connectivity index (χ0v) is 19.0. The summed E-state index contributed by atoms with van der Waals surface area (Å²) in [7, 11) is 0. The van der Waals surface area contributed by atoms with Gasteiger partial charge in [-0.05, 0) is 42.0 Å². The first-order valence-electron chi connectivity index (χ1n) is 10.3. The van der Waals surface area contributed by atoms with Crippen LogP contribution in [0.3, 0.4) is 0 Å². The number of anilines is 2. The van der Waals surface area contributed by atoms with Gasteiger partial charge in [-0.15, -0.1) is 0 Å². The Morgan fingerprint density at radius 3 is 2.73 bits per heavy atom. The molecule has 7 nitrogen and oxygen atoms in total. The molecule has 3 N–H and O–H groups in total. The van der Waals surface area contributed by atoms with E-state index in [2.05, 4.69) is 25.8 Å². The van der Waals surface area contributed by atoms with E-state index in [1.54, 1.807) is 18.3 Å². The highest BCUT2D eigenvalue weighted by molar-refractivity contribution is 7.23. The van der Waals surface area contributed by atoms with Crippen molar-refractivity contribution in [1.82, 2.24) is 15.2 Å². The number of ether oxygens (including phenoxy) is 1. The standard InChI is InChI=1S/C24H20ClN5O2S/c25-16-6-8-17(9-7-16)27-21(14-32-13-15-4-2-1-3-5-15)23(31)29-24-28-20-11-10-19-18(12-26-30-19)22(20)33-24/h1-12,21,27H,13-14H2,(H,26,30)(H,28,29,31). The number of rotatable bonds is 8. The molecule has 0 fully saturated rings. The van der Waals surface area contributed by atoms with Gasteiger partial charge in [0.2, 0.25) is 0 Å². The minimum absolute atomic E-state index is 0.181. The van der Waals surface area contributed by atoms with Crippen LogP contribution in [-0.4, -0.2) is 33.7 Å². The molecule has 33 heavy (non-hydrogen) atoms. The minimum Gasteiger partial charge on any atom is -0.374 e. The molecule has 0 aliphatic carbocycles. The van der Waals surface area contributed by atoms with Crippen LogP contribution in [0.2, 0.25) is 5.02 Å². The molecule has 0 spiro atoms. The van der Waals surface area contributed by atoms with Crippen LogP contribution in [0.1, 0.15) is 5.56 Å². The molecule has 0 saturated heterocycles. The van der Waals surface area contributed by atoms with E-state index in [0.29, 0.717) is 16.8 Å². The fraction of sp³-hybridized carbons (Fsp3) is 0.125. The molecule has 0 aliphatic rings. The van der Waals surface area contributed by atoms with Crippen molar-refractivity contribution in [2.75, 3.05) is 17.2 Å². The van der Waals surface area contributed by atoms with Crippen LogP contribution in [0.25, 0.3) is 21.1 Å². The Morgan fingerprint density at radius 2 is 1.91 bits per heavy atom. The van der Waals surface area contributed by atoms with Crippen LogP contribution >= 0.6 is 22.9 Å². The number of thiazole rings is 1. The van der Waals surface area contributed by atoms with Crippen molar-refractivity contribution in [3.8, 4) is 0 Å². The minimum atomic E-state index is -0.629. The summed E-state index contributed by atoms with van der Waals surface area (Å²) in [4.78, 5) is 17.8. The molecule has 2 heterocycles. The first-order valence-corrected chi connectivity index (χ1v) is 11.5. The van der Waals surface area contributed by atoms with Crippen molar-refractivity contribution >= 4 is 60.8 Å². The topological polar surface area (TPSA) is 91.9 Å². The van der Waals surface area contributed by atoms with Crippen molar-refractivity contribution in [2.24, 2.45) is 0 Å². The number of aromatic amines is 1. The highest BCUT2D eigenvalue weighted by Gasteiger charge is 2.21. The number of aromatic nitrogens is 3. The van der Waals surface area contributed by atoms with Crippen molar-refractivity contribution in [3.05, 3.63) is 83.5 Å². The van der Waals surface area contributed by atoms with Gasteiger partial charge in [0.25, 0.3) is 5.91 Å². The van der Waals surface area contributed by atoms with E-state index in [-0.39, 0.29) is 12.5 Å². The summed E-state index contributed by atoms with van der Waals surface area (Å²) in [6.07, 6.45) is 1.77. The van der Waals surface area contributed by atoms with Gasteiger partial charge in [0, 0.05) is 16.1 Å². The molecule has 0 radical (unpaired) electrons. The van der Waals surface area contributed by atoms with Gasteiger partial charge in [-0.1, -0.05) is 53.3 Å². The van der Waals surface area contributed by atoms with Crippen molar-refractivity contribution in [2.45, 2.75) is 12.6 Å². The second kappa shape index (κ2) is 9.58. The molecule has 1 unspecified atom stereocenters. The second-order valence-corrected chi connectivity index (χ2v) is 8.89. The maximum Gasteiger partial charge on any atom is 0.251 e. The van der Waals surface area contributed by atoms with Gasteiger partial charge < -0.3 is 15.4 Å². The number of fused-ring (bicyclic) bond motifs is 3. The van der Waals surface area contributed by atoms with Crippen LogP contribution < -0.4 is 10.6 Å². The number of benzene rings is 3. The maximum atomic E-state index is 13.2. The molecule has 0 bridgehead atoms. The maximum absolute atomic E-state index is 13.2. The fourth-order valence-corrected chi connectivity index (χ4v) is 4.56. The van der Waals surface area contributed by atoms with Crippen molar-refractivity contribution < 1.29 is 9.53 Å². The molecule has 2 aromatic heterocycles. The lowest BCUT2D eigenvalue weighted by atomic mass is 10.2. The molecule has 3 aromatic carbocycles. The van der Waals surface area contributed by atoms with Gasteiger partial charge in [0.15, 0.2) is 5.13 Å². The van der Waals surface area contributed by atoms with E-state index in [9.17, 15) is 4.79 Å². The summed E-state index contributed by atoms with van der Waals surface area (Å²) >= 11 is 7.41. The van der Waals surface area contributed by atoms with E-state index >= 15 is 0 Å². The molecule has 1 atom stereocenters. The summed E-state index contributed by atoms with van der Waals surface area (Å²) in [5.74, 6) is -0.236. The number of carbonyl (C=O) groups is 1. The largest absolute Gasteiger partial charge is 0.374 e. The molecule has 9 heteroatoms. The highest BCUT2D eigenvalue weighted by Crippen LogP contribution is 2.32. The third-order valence-electron chi connectivity index (χ3n) is 5.10. The van der Waals surface area contributed by atoms with Gasteiger partial charge in [-0.3, -0.25) is 9.89 Å². The van der Waals surface area contributed by atoms with E-state index in [0.717, 1.165) is 32.4 Å². The van der Waals surface area contributed by atoms with Gasteiger partial charge >= 0.3 is 0 Å². The summed E-state index contributed by atoms with van der Waals surface area (Å²) in [5.41, 5.74) is 3.55. The Labute approximate surface area is 198 Å². The van der Waals surface area contributed by atoms with Gasteiger partial charge in [-0.2, -0.15) is 5.10 Å². The molecular formula is C24H20ClN5O2S. The zero-order valence-electron chi connectivity index (χ0n) is 17.4. The molecule has 0 aliphatic heterocycles. The zero-order chi connectivity index (χ0) is 22.6. The quantitative estimate of drug-likeness (QED) is 0.276. The Morgan fingerprint density at radius 1 is 1.09 bits per heavy atom. The van der Waals surface area contributed by atoms with Crippen LogP contribution in [0.5, 0.6) is 0 Å². The van der Waals surface area contributed by atoms with E-state index in [1.165, 1.54) is 11.3 Å². The molecular weight excluding hydrogens is 458 g/mol. The van der Waals surface area contributed by atoms with Crippen LogP contribution in [0.4, 0.5) is 10.8 Å². The summed E-state index contributed by atoms with van der Waals surface area (Å²) < 4.78 is 6.84. The van der Waals surface area contributed by atoms with Crippen LogP contribution in [0.15, 0.2) is 72.9 Å². The number of H-pyrrole nitrogens is 1. The SMILES string of the molecule is O=C(Nc1nc2ccc3[nH]ncc3c2s1)C(COCc1ccccc1)Nc1ccc(Cl)cc1. The first-order chi connectivity index (χ1) is 16.2. The lowest BCUT2D eigenvalue weighted by molar-refractivity contribution is -0.118. The Hall–Kier alpha value is -3.46.